The highest BCUT2D eigenvalue weighted by atomic mass is 35.5. The van der Waals surface area contributed by atoms with E-state index in [-0.39, 0.29) is 23.2 Å². The van der Waals surface area contributed by atoms with Gasteiger partial charge in [-0.2, -0.15) is 5.10 Å². The fourth-order valence-corrected chi connectivity index (χ4v) is 4.31. The molecule has 1 aliphatic heterocycles. The Morgan fingerprint density at radius 1 is 1.23 bits per heavy atom. The molecule has 0 saturated carbocycles. The van der Waals surface area contributed by atoms with E-state index < -0.39 is 11.9 Å². The zero-order valence-electron chi connectivity index (χ0n) is 16.8. The minimum Gasteiger partial charge on any atom is -0.482 e. The molecular formula is C21H23Cl3FN5O. The van der Waals surface area contributed by atoms with Crippen molar-refractivity contribution in [3.8, 4) is 16.9 Å². The van der Waals surface area contributed by atoms with Crippen LogP contribution in [0.3, 0.4) is 0 Å². The van der Waals surface area contributed by atoms with Crippen LogP contribution in [0, 0.1) is 5.82 Å². The van der Waals surface area contributed by atoms with E-state index >= 15 is 0 Å². The maximum Gasteiger partial charge on any atom is 0.166 e. The van der Waals surface area contributed by atoms with E-state index in [1.807, 2.05) is 17.1 Å². The van der Waals surface area contributed by atoms with Crippen LogP contribution in [0.2, 0.25) is 10.0 Å². The van der Waals surface area contributed by atoms with E-state index in [0.29, 0.717) is 22.4 Å². The zero-order valence-corrected chi connectivity index (χ0v) is 19.1. The summed E-state index contributed by atoms with van der Waals surface area (Å²) in [5.41, 5.74) is 8.12. The Bertz CT molecular complexity index is 1060. The summed E-state index contributed by atoms with van der Waals surface area (Å²) < 4.78 is 21.9. The van der Waals surface area contributed by atoms with Gasteiger partial charge in [-0.25, -0.2) is 9.37 Å². The molecule has 4 rings (SSSR count). The molecule has 1 fully saturated rings. The van der Waals surface area contributed by atoms with Crippen LogP contribution in [0.1, 0.15) is 37.5 Å². The Kier molecular flexibility index (Phi) is 7.64. The number of hydrogen-bond donors (Lipinski definition) is 2. The van der Waals surface area contributed by atoms with Crippen molar-refractivity contribution in [1.82, 2.24) is 20.1 Å². The normalized spacial score (nSPS) is 15.4. The van der Waals surface area contributed by atoms with E-state index in [1.54, 1.807) is 19.2 Å². The number of pyridine rings is 1. The van der Waals surface area contributed by atoms with Crippen molar-refractivity contribution in [1.29, 1.82) is 0 Å². The molecule has 0 unspecified atom stereocenters. The number of piperidine rings is 1. The highest BCUT2D eigenvalue weighted by Crippen LogP contribution is 2.37. The van der Waals surface area contributed by atoms with Crippen molar-refractivity contribution < 1.29 is 9.13 Å². The molecule has 10 heteroatoms. The third-order valence-corrected chi connectivity index (χ3v) is 6.00. The van der Waals surface area contributed by atoms with Crippen LogP contribution in [0.4, 0.5) is 10.2 Å². The summed E-state index contributed by atoms with van der Waals surface area (Å²) in [5.74, 6) is 0.0303. The van der Waals surface area contributed by atoms with Crippen molar-refractivity contribution in [2.75, 3.05) is 18.8 Å². The maximum absolute atomic E-state index is 13.9. The van der Waals surface area contributed by atoms with Gasteiger partial charge in [0.25, 0.3) is 0 Å². The molecular weight excluding hydrogens is 464 g/mol. The molecule has 0 radical (unpaired) electrons. The Morgan fingerprint density at radius 3 is 2.71 bits per heavy atom. The first-order valence-corrected chi connectivity index (χ1v) is 10.5. The largest absolute Gasteiger partial charge is 0.482 e. The van der Waals surface area contributed by atoms with Gasteiger partial charge in [0.2, 0.25) is 0 Å². The van der Waals surface area contributed by atoms with Gasteiger partial charge in [0, 0.05) is 34.1 Å². The quantitative estimate of drug-likeness (QED) is 0.468. The molecule has 1 atom stereocenters. The van der Waals surface area contributed by atoms with Gasteiger partial charge in [-0.15, -0.1) is 12.4 Å². The Hall–Kier alpha value is -2.06. The number of nitrogens with one attached hydrogen (secondary N) is 1. The van der Waals surface area contributed by atoms with Crippen molar-refractivity contribution in [2.45, 2.75) is 31.9 Å². The number of halogens is 4. The molecule has 0 spiro atoms. The molecule has 3 N–H and O–H groups in total. The molecule has 0 aliphatic carbocycles. The van der Waals surface area contributed by atoms with Gasteiger partial charge >= 0.3 is 0 Å². The lowest BCUT2D eigenvalue weighted by Gasteiger charge is -2.22. The standard InChI is InChI=1S/C21H22Cl2FN5O.ClH/c1-12(19-16(22)2-3-17(24)20(19)23)30-18-8-13(9-27-21(18)25)14-10-28-29(11-14)15-4-6-26-7-5-15;/h2-3,8-12,15,26H,4-7H2,1H3,(H2,25,27);1H/t12-;/m1./s1. The lowest BCUT2D eigenvalue weighted by Crippen LogP contribution is -2.29. The van der Waals surface area contributed by atoms with Crippen molar-refractivity contribution in [3.63, 3.8) is 0 Å². The minimum atomic E-state index is -0.627. The summed E-state index contributed by atoms with van der Waals surface area (Å²) >= 11 is 12.3. The summed E-state index contributed by atoms with van der Waals surface area (Å²) in [5, 5.41) is 8.13. The molecule has 1 aliphatic rings. The summed E-state index contributed by atoms with van der Waals surface area (Å²) in [7, 11) is 0. The molecule has 0 bridgehead atoms. The van der Waals surface area contributed by atoms with E-state index in [0.717, 1.165) is 37.1 Å². The fraction of sp³-hybridized carbons (Fsp3) is 0.333. The Morgan fingerprint density at radius 2 is 1.97 bits per heavy atom. The van der Waals surface area contributed by atoms with E-state index in [2.05, 4.69) is 15.4 Å². The zero-order chi connectivity index (χ0) is 21.3. The number of aromatic nitrogens is 3. The number of rotatable bonds is 5. The third-order valence-electron chi connectivity index (χ3n) is 5.29. The highest BCUT2D eigenvalue weighted by molar-refractivity contribution is 6.36. The molecule has 166 valence electrons. The lowest BCUT2D eigenvalue weighted by molar-refractivity contribution is 0.227. The number of nitrogen functional groups attached to an aromatic ring is 1. The molecule has 1 saturated heterocycles. The van der Waals surface area contributed by atoms with Crippen LogP contribution >= 0.6 is 35.6 Å². The molecule has 3 aromatic rings. The van der Waals surface area contributed by atoms with E-state index in [1.165, 1.54) is 12.1 Å². The number of anilines is 1. The van der Waals surface area contributed by atoms with Gasteiger partial charge in [-0.3, -0.25) is 4.68 Å². The summed E-state index contributed by atoms with van der Waals surface area (Å²) in [6.45, 7) is 3.71. The van der Waals surface area contributed by atoms with Gasteiger partial charge in [-0.1, -0.05) is 23.2 Å². The van der Waals surface area contributed by atoms with Crippen LogP contribution in [0.15, 0.2) is 36.8 Å². The molecule has 3 heterocycles. The second kappa shape index (κ2) is 10.0. The van der Waals surface area contributed by atoms with Gasteiger partial charge in [0.1, 0.15) is 11.9 Å². The average molecular weight is 487 g/mol. The second-order valence-electron chi connectivity index (χ2n) is 7.31. The topological polar surface area (TPSA) is 78.0 Å². The average Bonchev–Trinajstić information content (AvgIpc) is 3.24. The van der Waals surface area contributed by atoms with E-state index in [4.69, 9.17) is 33.7 Å². The van der Waals surface area contributed by atoms with Crippen molar-refractivity contribution in [2.24, 2.45) is 0 Å². The third kappa shape index (κ3) is 5.06. The molecule has 2 aromatic heterocycles. The monoisotopic (exact) mass is 485 g/mol. The van der Waals surface area contributed by atoms with Crippen LogP contribution in [0.25, 0.3) is 11.1 Å². The second-order valence-corrected chi connectivity index (χ2v) is 8.10. The van der Waals surface area contributed by atoms with E-state index in [9.17, 15) is 4.39 Å². The van der Waals surface area contributed by atoms with Gasteiger partial charge < -0.3 is 15.8 Å². The van der Waals surface area contributed by atoms with Crippen LogP contribution in [0.5, 0.6) is 5.75 Å². The SMILES string of the molecule is C[C@@H](Oc1cc(-c2cnn(C3CCNCC3)c2)cnc1N)c1c(Cl)ccc(F)c1Cl.Cl. The number of ether oxygens (including phenoxy) is 1. The minimum absolute atomic E-state index is 0. The van der Waals surface area contributed by atoms with Crippen molar-refractivity contribution in [3.05, 3.63) is 58.2 Å². The molecule has 31 heavy (non-hydrogen) atoms. The number of nitrogens with zero attached hydrogens (tertiary/aromatic N) is 3. The van der Waals surface area contributed by atoms with Crippen LogP contribution in [-0.2, 0) is 0 Å². The van der Waals surface area contributed by atoms with Gasteiger partial charge in [0.15, 0.2) is 11.6 Å². The number of benzene rings is 1. The summed E-state index contributed by atoms with van der Waals surface area (Å²) in [6, 6.07) is 4.85. The molecule has 0 amide bonds. The maximum atomic E-state index is 13.9. The first-order valence-electron chi connectivity index (χ1n) is 9.75. The smallest absolute Gasteiger partial charge is 0.166 e. The number of nitrogens with two attached hydrogens (primary N) is 1. The Balaban J connectivity index is 0.00000272. The summed E-state index contributed by atoms with van der Waals surface area (Å²) in [4.78, 5) is 4.25. The highest BCUT2D eigenvalue weighted by Gasteiger charge is 2.21. The van der Waals surface area contributed by atoms with Gasteiger partial charge in [-0.05, 0) is 51.1 Å². The first-order chi connectivity index (χ1) is 14.4. The van der Waals surface area contributed by atoms with Crippen molar-refractivity contribution >= 4 is 41.4 Å². The van der Waals surface area contributed by atoms with Crippen LogP contribution < -0.4 is 15.8 Å². The predicted octanol–water partition coefficient (Wildman–Crippen LogP) is 5.46. The molecule has 6 nitrogen and oxygen atoms in total. The fourth-order valence-electron chi connectivity index (χ4n) is 3.63. The predicted molar refractivity (Wildman–Crippen MR) is 124 cm³/mol. The molecule has 1 aromatic carbocycles. The van der Waals surface area contributed by atoms with Crippen LogP contribution in [-0.4, -0.2) is 27.9 Å². The number of hydrogen-bond acceptors (Lipinski definition) is 5. The Labute approximate surface area is 196 Å². The van der Waals surface area contributed by atoms with Gasteiger partial charge in [0.05, 0.1) is 17.3 Å². The lowest BCUT2D eigenvalue weighted by atomic mass is 10.1. The summed E-state index contributed by atoms with van der Waals surface area (Å²) in [6.07, 6.45) is 6.96. The first kappa shape index (κ1) is 23.6.